The lowest BCUT2D eigenvalue weighted by Gasteiger charge is -2.33. The van der Waals surface area contributed by atoms with Crippen molar-refractivity contribution >= 4 is 50.2 Å². The maximum absolute atomic E-state index is 2.54. The Kier molecular flexibility index (Phi) is 8.81. The number of fused-ring (bicyclic) bond motifs is 9. The summed E-state index contributed by atoms with van der Waals surface area (Å²) >= 11 is 1.96. The molecule has 13 rings (SSSR count). The molecule has 0 saturated heterocycles. The molecule has 11 aromatic rings. The van der Waals surface area contributed by atoms with Crippen LogP contribution in [0.5, 0.6) is 0 Å². The molecule has 0 saturated carbocycles. The molecule has 3 heteroatoms. The summed E-state index contributed by atoms with van der Waals surface area (Å²) in [6, 6.07) is 80.9. The normalized spacial score (nSPS) is 13.9. The summed E-state index contributed by atoms with van der Waals surface area (Å²) in [5.74, 6) is 0. The van der Waals surface area contributed by atoms with Gasteiger partial charge in [0.25, 0.3) is 0 Å². The Morgan fingerprint density at radius 2 is 1.01 bits per heavy atom. The highest BCUT2D eigenvalue weighted by atomic mass is 32.1. The number of thiophene rings is 1. The molecule has 0 spiro atoms. The third-order valence-electron chi connectivity index (χ3n) is 14.7. The van der Waals surface area contributed by atoms with Crippen molar-refractivity contribution in [3.63, 3.8) is 0 Å². The van der Waals surface area contributed by atoms with Gasteiger partial charge in [0, 0.05) is 59.5 Å². The molecule has 2 nitrogen and oxygen atoms in total. The van der Waals surface area contributed by atoms with Crippen molar-refractivity contribution < 1.29 is 0 Å². The van der Waals surface area contributed by atoms with Crippen LogP contribution in [0.1, 0.15) is 49.3 Å². The summed E-state index contributed by atoms with van der Waals surface area (Å²) in [7, 11) is 0. The molecule has 0 amide bonds. The van der Waals surface area contributed by atoms with Gasteiger partial charge in [0.15, 0.2) is 0 Å². The molecule has 0 bridgehead atoms. The van der Waals surface area contributed by atoms with Crippen molar-refractivity contribution in [1.29, 1.82) is 0 Å². The van der Waals surface area contributed by atoms with E-state index in [9.17, 15) is 0 Å². The standard InChI is InChI=1S/C64H48N2S/c1-63(2)53-28-16-14-25-48(53)49-37-36-47(40-54(49)63)65(46-34-31-41(32-35-46)44-33-38-56-52(39-44)50-26-15-17-29-55(50)66(56)45-23-12-7-13-24-45)57-30-18-27-51-59-58(42-19-8-5-9-20-42)61(43-21-10-6-11-22-43)67-62(59)64(3,4)60(51)57/h5-40H,1-4H3. The van der Waals surface area contributed by atoms with E-state index in [2.05, 4.69) is 256 Å². The van der Waals surface area contributed by atoms with Gasteiger partial charge in [0.2, 0.25) is 0 Å². The number of hydrogen-bond acceptors (Lipinski definition) is 2. The Balaban J connectivity index is 0.990. The predicted molar refractivity (Wildman–Crippen MR) is 285 cm³/mol. The Morgan fingerprint density at radius 3 is 1.79 bits per heavy atom. The number of hydrogen-bond donors (Lipinski definition) is 0. The Morgan fingerprint density at radius 1 is 0.403 bits per heavy atom. The Hall–Kier alpha value is -7.72. The summed E-state index contributed by atoms with van der Waals surface area (Å²) in [5.41, 5.74) is 22.4. The van der Waals surface area contributed by atoms with Crippen LogP contribution in [-0.2, 0) is 10.8 Å². The average Bonchev–Trinajstić information content (AvgIpc) is 4.07. The molecule has 0 aliphatic heterocycles. The largest absolute Gasteiger partial charge is 0.310 e. The van der Waals surface area contributed by atoms with Gasteiger partial charge in [-0.25, -0.2) is 0 Å². The summed E-state index contributed by atoms with van der Waals surface area (Å²) in [6.45, 7) is 9.64. The number of anilines is 3. The SMILES string of the molecule is CC1(C)c2ccccc2-c2ccc(N(c3ccc(-c4ccc5c(c4)c4ccccc4n5-c4ccccc4)cc3)c3cccc4c3C(C)(C)c3sc(-c5ccccc5)c(-c5ccccc5)c3-4)cc21. The van der Waals surface area contributed by atoms with Gasteiger partial charge in [-0.05, 0) is 116 Å². The lowest BCUT2D eigenvalue weighted by atomic mass is 9.82. The second-order valence-corrected chi connectivity index (χ2v) is 20.3. The summed E-state index contributed by atoms with van der Waals surface area (Å²) in [4.78, 5) is 5.28. The van der Waals surface area contributed by atoms with Gasteiger partial charge in [0.1, 0.15) is 0 Å². The van der Waals surface area contributed by atoms with Crippen molar-refractivity contribution in [2.75, 3.05) is 4.90 Å². The maximum atomic E-state index is 2.54. The molecule has 0 N–H and O–H groups in total. The molecule has 320 valence electrons. The minimum Gasteiger partial charge on any atom is -0.310 e. The first kappa shape index (κ1) is 39.6. The van der Waals surface area contributed by atoms with E-state index in [1.807, 2.05) is 11.3 Å². The van der Waals surface area contributed by atoms with E-state index < -0.39 is 0 Å². The van der Waals surface area contributed by atoms with Crippen molar-refractivity contribution in [3.05, 3.63) is 240 Å². The minimum atomic E-state index is -0.277. The molecule has 0 unspecified atom stereocenters. The quantitative estimate of drug-likeness (QED) is 0.155. The van der Waals surface area contributed by atoms with Gasteiger partial charge in [0.05, 0.1) is 16.7 Å². The Labute approximate surface area is 396 Å². The molecular weight excluding hydrogens is 829 g/mol. The van der Waals surface area contributed by atoms with E-state index >= 15 is 0 Å². The first-order valence-electron chi connectivity index (χ1n) is 23.4. The number of aromatic nitrogens is 1. The third kappa shape index (κ3) is 5.94. The van der Waals surface area contributed by atoms with Gasteiger partial charge in [-0.1, -0.05) is 185 Å². The molecule has 0 atom stereocenters. The number of nitrogens with zero attached hydrogens (tertiary/aromatic N) is 2. The first-order chi connectivity index (χ1) is 32.8. The van der Waals surface area contributed by atoms with Crippen LogP contribution in [0.2, 0.25) is 0 Å². The maximum Gasteiger partial charge on any atom is 0.0541 e. The average molecular weight is 877 g/mol. The van der Waals surface area contributed by atoms with Gasteiger partial charge < -0.3 is 9.47 Å². The van der Waals surface area contributed by atoms with Crippen molar-refractivity contribution in [2.45, 2.75) is 38.5 Å². The van der Waals surface area contributed by atoms with Gasteiger partial charge >= 0.3 is 0 Å². The minimum absolute atomic E-state index is 0.139. The number of benzene rings is 9. The van der Waals surface area contributed by atoms with Crippen LogP contribution in [0.25, 0.3) is 82.4 Å². The van der Waals surface area contributed by atoms with Crippen LogP contribution in [0, 0.1) is 0 Å². The van der Waals surface area contributed by atoms with Gasteiger partial charge in [-0.15, -0.1) is 11.3 Å². The third-order valence-corrected chi connectivity index (χ3v) is 16.3. The van der Waals surface area contributed by atoms with Crippen molar-refractivity contribution in [1.82, 2.24) is 4.57 Å². The highest BCUT2D eigenvalue weighted by molar-refractivity contribution is 7.17. The Bertz CT molecular complexity index is 3720. The van der Waals surface area contributed by atoms with Crippen LogP contribution < -0.4 is 4.90 Å². The van der Waals surface area contributed by atoms with Gasteiger partial charge in [-0.2, -0.15) is 0 Å². The highest BCUT2D eigenvalue weighted by Gasteiger charge is 2.44. The van der Waals surface area contributed by atoms with Crippen LogP contribution in [-0.4, -0.2) is 4.57 Å². The first-order valence-corrected chi connectivity index (χ1v) is 24.2. The van der Waals surface area contributed by atoms with E-state index in [1.165, 1.54) is 110 Å². The lowest BCUT2D eigenvalue weighted by Crippen LogP contribution is -2.21. The number of rotatable bonds is 7. The van der Waals surface area contributed by atoms with E-state index in [0.29, 0.717) is 0 Å². The summed E-state index contributed by atoms with van der Waals surface area (Å²) in [6.07, 6.45) is 0. The zero-order valence-electron chi connectivity index (χ0n) is 38.1. The van der Waals surface area contributed by atoms with Crippen molar-refractivity contribution in [2.24, 2.45) is 0 Å². The fraction of sp³-hybridized carbons (Fsp3) is 0.0938. The molecular formula is C64H48N2S. The second kappa shape index (κ2) is 14.9. The molecule has 2 aliphatic carbocycles. The number of para-hydroxylation sites is 2. The summed E-state index contributed by atoms with van der Waals surface area (Å²) < 4.78 is 2.38. The zero-order chi connectivity index (χ0) is 45.0. The van der Waals surface area contributed by atoms with E-state index in [4.69, 9.17) is 0 Å². The van der Waals surface area contributed by atoms with E-state index in [1.54, 1.807) is 0 Å². The fourth-order valence-electron chi connectivity index (χ4n) is 11.6. The molecule has 2 aliphatic rings. The molecule has 2 heterocycles. The smallest absolute Gasteiger partial charge is 0.0541 e. The topological polar surface area (TPSA) is 8.17 Å². The van der Waals surface area contributed by atoms with Crippen LogP contribution >= 0.6 is 11.3 Å². The van der Waals surface area contributed by atoms with E-state index in [-0.39, 0.29) is 10.8 Å². The van der Waals surface area contributed by atoms with Gasteiger partial charge in [-0.3, -0.25) is 0 Å². The highest BCUT2D eigenvalue weighted by Crippen LogP contribution is 2.62. The zero-order valence-corrected chi connectivity index (χ0v) is 38.9. The molecule has 2 aromatic heterocycles. The second-order valence-electron chi connectivity index (χ2n) is 19.3. The van der Waals surface area contributed by atoms with Crippen molar-refractivity contribution in [3.8, 4) is 60.6 Å². The van der Waals surface area contributed by atoms with E-state index in [0.717, 1.165) is 11.4 Å². The summed E-state index contributed by atoms with van der Waals surface area (Å²) in [5, 5.41) is 2.51. The van der Waals surface area contributed by atoms with Crippen LogP contribution in [0.15, 0.2) is 218 Å². The fourth-order valence-corrected chi connectivity index (χ4v) is 13.0. The predicted octanol–water partition coefficient (Wildman–Crippen LogP) is 17.9. The molecule has 0 fully saturated rings. The van der Waals surface area contributed by atoms with Crippen LogP contribution in [0.4, 0.5) is 17.1 Å². The monoisotopic (exact) mass is 876 g/mol. The molecule has 67 heavy (non-hydrogen) atoms. The molecule has 0 radical (unpaired) electrons. The van der Waals surface area contributed by atoms with Crippen LogP contribution in [0.3, 0.4) is 0 Å². The lowest BCUT2D eigenvalue weighted by molar-refractivity contribution is 0.660. The molecule has 9 aromatic carbocycles.